The van der Waals surface area contributed by atoms with E-state index in [1.807, 2.05) is 6.07 Å². The van der Waals surface area contributed by atoms with Crippen LogP contribution in [0.3, 0.4) is 0 Å². The topological polar surface area (TPSA) is 59.0 Å². The molecule has 5 nitrogen and oxygen atoms in total. The fraction of sp³-hybridized carbons (Fsp3) is 0.611. The molecule has 1 N–H and O–H groups in total. The summed E-state index contributed by atoms with van der Waals surface area (Å²) in [7, 11) is 3.70. The molecule has 122 valence electrons. The van der Waals surface area contributed by atoms with Crippen LogP contribution >= 0.6 is 0 Å². The van der Waals surface area contributed by atoms with Gasteiger partial charge in [0.15, 0.2) is 23.4 Å². The van der Waals surface area contributed by atoms with E-state index in [2.05, 4.69) is 18.0 Å². The van der Waals surface area contributed by atoms with Crippen LogP contribution in [0.1, 0.15) is 30.4 Å². The molecule has 5 heteroatoms. The Labute approximate surface area is 135 Å². The van der Waals surface area contributed by atoms with Crippen molar-refractivity contribution in [3.63, 3.8) is 0 Å². The maximum Gasteiger partial charge on any atom is 0.174 e. The molecular formula is C18H21NO4. The molecule has 2 aliphatic carbocycles. The third-order valence-electron chi connectivity index (χ3n) is 6.73. The number of hydrogen-bond donors (Lipinski definition) is 1. The molecule has 1 saturated heterocycles. The second kappa shape index (κ2) is 4.08. The van der Waals surface area contributed by atoms with Crippen LogP contribution in [-0.2, 0) is 16.6 Å². The van der Waals surface area contributed by atoms with Gasteiger partial charge in [0.2, 0.25) is 0 Å². The first-order valence-corrected chi connectivity index (χ1v) is 8.35. The van der Waals surface area contributed by atoms with E-state index in [-0.39, 0.29) is 11.8 Å². The van der Waals surface area contributed by atoms with Gasteiger partial charge in [-0.25, -0.2) is 0 Å². The molecule has 4 aliphatic rings. The fourth-order valence-corrected chi connectivity index (χ4v) is 5.69. The molecule has 4 atom stereocenters. The molecule has 1 saturated carbocycles. The van der Waals surface area contributed by atoms with Gasteiger partial charge in [0, 0.05) is 18.0 Å². The molecule has 2 heterocycles. The van der Waals surface area contributed by atoms with Crippen molar-refractivity contribution in [2.75, 3.05) is 20.7 Å². The highest BCUT2D eigenvalue weighted by atomic mass is 16.5. The molecule has 1 aromatic carbocycles. The summed E-state index contributed by atoms with van der Waals surface area (Å²) in [4.78, 5) is 14.9. The zero-order valence-electron chi connectivity index (χ0n) is 13.5. The molecule has 5 rings (SSSR count). The van der Waals surface area contributed by atoms with E-state index < -0.39 is 17.1 Å². The van der Waals surface area contributed by atoms with Crippen molar-refractivity contribution < 1.29 is 19.4 Å². The van der Waals surface area contributed by atoms with Gasteiger partial charge in [-0.05, 0) is 44.5 Å². The van der Waals surface area contributed by atoms with Gasteiger partial charge in [0.1, 0.15) is 0 Å². The Morgan fingerprint density at radius 2 is 2.22 bits per heavy atom. The number of nitrogens with zero attached hydrogens (tertiary/aromatic N) is 1. The average molecular weight is 315 g/mol. The van der Waals surface area contributed by atoms with Crippen LogP contribution in [0.4, 0.5) is 0 Å². The molecule has 1 spiro atoms. The number of methoxy groups -OCH3 is 1. The Morgan fingerprint density at radius 1 is 1.39 bits per heavy atom. The number of aliphatic hydroxyl groups is 1. The van der Waals surface area contributed by atoms with Gasteiger partial charge in [-0.15, -0.1) is 0 Å². The zero-order chi connectivity index (χ0) is 16.0. The van der Waals surface area contributed by atoms with Gasteiger partial charge in [-0.1, -0.05) is 6.07 Å². The Morgan fingerprint density at radius 3 is 3.00 bits per heavy atom. The summed E-state index contributed by atoms with van der Waals surface area (Å²) in [6.07, 6.45) is 1.89. The SMILES string of the molecule is COc1ccc2c3c1OC1C(=O)CC[C@@]4(O)C(C2)N(C)CCC314. The van der Waals surface area contributed by atoms with Crippen molar-refractivity contribution >= 4 is 5.78 Å². The lowest BCUT2D eigenvalue weighted by Crippen LogP contribution is -2.76. The van der Waals surface area contributed by atoms with Crippen molar-refractivity contribution in [1.82, 2.24) is 4.90 Å². The summed E-state index contributed by atoms with van der Waals surface area (Å²) >= 11 is 0. The molecular weight excluding hydrogens is 294 g/mol. The molecule has 2 aliphatic heterocycles. The molecule has 23 heavy (non-hydrogen) atoms. The third kappa shape index (κ3) is 1.32. The quantitative estimate of drug-likeness (QED) is 0.839. The predicted molar refractivity (Wildman–Crippen MR) is 83.0 cm³/mol. The second-order valence-electron chi connectivity index (χ2n) is 7.44. The lowest BCUT2D eigenvalue weighted by Gasteiger charge is -2.62. The first kappa shape index (κ1) is 13.8. The molecule has 3 unspecified atom stereocenters. The van der Waals surface area contributed by atoms with E-state index in [0.717, 1.165) is 24.9 Å². The van der Waals surface area contributed by atoms with Crippen LogP contribution in [0, 0.1) is 0 Å². The van der Waals surface area contributed by atoms with Crippen LogP contribution in [-0.4, -0.2) is 54.2 Å². The predicted octanol–water partition coefficient (Wildman–Crippen LogP) is 1.05. The highest BCUT2D eigenvalue weighted by Crippen LogP contribution is 2.64. The van der Waals surface area contributed by atoms with E-state index in [0.29, 0.717) is 24.3 Å². The zero-order valence-corrected chi connectivity index (χ0v) is 13.5. The van der Waals surface area contributed by atoms with E-state index in [4.69, 9.17) is 9.47 Å². The Balaban J connectivity index is 1.86. The number of hydrogen-bond acceptors (Lipinski definition) is 5. The summed E-state index contributed by atoms with van der Waals surface area (Å²) in [5, 5.41) is 11.7. The number of benzene rings is 1. The van der Waals surface area contributed by atoms with Crippen LogP contribution in [0.25, 0.3) is 0 Å². The summed E-state index contributed by atoms with van der Waals surface area (Å²) in [6.45, 7) is 0.871. The van der Waals surface area contributed by atoms with E-state index >= 15 is 0 Å². The van der Waals surface area contributed by atoms with Gasteiger partial charge < -0.3 is 19.5 Å². The summed E-state index contributed by atoms with van der Waals surface area (Å²) in [6, 6.07) is 4.05. The van der Waals surface area contributed by atoms with Gasteiger partial charge in [0.25, 0.3) is 0 Å². The molecule has 1 aromatic rings. The molecule has 2 fully saturated rings. The number of Topliss-reactive ketones (excluding diaryl/α,β-unsaturated/α-hetero) is 1. The van der Waals surface area contributed by atoms with Crippen molar-refractivity contribution in [2.45, 2.75) is 48.8 Å². The number of ketones is 1. The normalized spacial score (nSPS) is 40.6. The highest BCUT2D eigenvalue weighted by molar-refractivity contribution is 5.90. The second-order valence-corrected chi connectivity index (χ2v) is 7.44. The maximum atomic E-state index is 12.7. The van der Waals surface area contributed by atoms with Gasteiger partial charge in [-0.3, -0.25) is 4.79 Å². The largest absolute Gasteiger partial charge is 0.493 e. The summed E-state index contributed by atoms with van der Waals surface area (Å²) in [5.41, 5.74) is 0.737. The molecule has 0 aromatic heterocycles. The van der Waals surface area contributed by atoms with Gasteiger partial charge >= 0.3 is 0 Å². The summed E-state index contributed by atoms with van der Waals surface area (Å²) in [5.74, 6) is 1.47. The standard InChI is InChI=1S/C18H21NO4/c1-19-8-7-17-14-10-3-4-12(22-2)15(14)23-16(17)11(20)5-6-18(17,21)13(19)9-10/h3-4,13,16,21H,5-9H2,1-2H3/t13?,16?,17?,18-/m1/s1. The lowest BCUT2D eigenvalue weighted by atomic mass is 9.49. The van der Waals surface area contributed by atoms with E-state index in [1.165, 1.54) is 5.56 Å². The number of piperidine rings is 1. The van der Waals surface area contributed by atoms with Crippen LogP contribution in [0.15, 0.2) is 12.1 Å². The number of ether oxygens (including phenoxy) is 2. The number of rotatable bonds is 1. The van der Waals surface area contributed by atoms with Crippen LogP contribution < -0.4 is 9.47 Å². The van der Waals surface area contributed by atoms with Crippen molar-refractivity contribution in [1.29, 1.82) is 0 Å². The smallest absolute Gasteiger partial charge is 0.174 e. The Hall–Kier alpha value is -1.59. The van der Waals surface area contributed by atoms with Crippen LogP contribution in [0.2, 0.25) is 0 Å². The first-order valence-electron chi connectivity index (χ1n) is 8.35. The van der Waals surface area contributed by atoms with E-state index in [9.17, 15) is 9.90 Å². The van der Waals surface area contributed by atoms with Crippen molar-refractivity contribution in [3.05, 3.63) is 23.3 Å². The minimum absolute atomic E-state index is 0.0438. The highest BCUT2D eigenvalue weighted by Gasteiger charge is 2.72. The number of carbonyl (C=O) groups excluding carboxylic acids is 1. The number of carbonyl (C=O) groups is 1. The van der Waals surface area contributed by atoms with Crippen molar-refractivity contribution in [2.24, 2.45) is 0 Å². The molecule has 0 radical (unpaired) electrons. The Kier molecular flexibility index (Phi) is 2.45. The van der Waals surface area contributed by atoms with Gasteiger partial charge in [0.05, 0.1) is 18.1 Å². The van der Waals surface area contributed by atoms with Crippen molar-refractivity contribution in [3.8, 4) is 11.5 Å². The minimum Gasteiger partial charge on any atom is -0.493 e. The first-order chi connectivity index (χ1) is 11.0. The van der Waals surface area contributed by atoms with Gasteiger partial charge in [-0.2, -0.15) is 0 Å². The molecule has 0 amide bonds. The maximum absolute atomic E-state index is 12.7. The Bertz CT molecular complexity index is 732. The average Bonchev–Trinajstić information content (AvgIpc) is 2.90. The monoisotopic (exact) mass is 315 g/mol. The lowest BCUT2D eigenvalue weighted by molar-refractivity contribution is -0.185. The number of likely N-dealkylation sites (tertiary alicyclic amines) is 1. The summed E-state index contributed by atoms with van der Waals surface area (Å²) < 4.78 is 11.6. The molecule has 2 bridgehead atoms. The third-order valence-corrected chi connectivity index (χ3v) is 6.73. The van der Waals surface area contributed by atoms with Crippen LogP contribution in [0.5, 0.6) is 11.5 Å². The minimum atomic E-state index is -0.900. The fourth-order valence-electron chi connectivity index (χ4n) is 5.69. The number of likely N-dealkylation sites (N-methyl/N-ethyl adjacent to an activating group) is 1. The van der Waals surface area contributed by atoms with E-state index in [1.54, 1.807) is 7.11 Å².